The fourth-order valence-electron chi connectivity index (χ4n) is 3.32. The maximum atomic E-state index is 12.8. The Morgan fingerprint density at radius 2 is 1.87 bits per heavy atom. The van der Waals surface area contributed by atoms with Crippen LogP contribution in [-0.2, 0) is 6.54 Å². The minimum Gasteiger partial charge on any atom is -0.348 e. The smallest absolute Gasteiger partial charge is 0.270 e. The van der Waals surface area contributed by atoms with Crippen molar-refractivity contribution < 1.29 is 9.59 Å². The molecule has 2 amide bonds. The summed E-state index contributed by atoms with van der Waals surface area (Å²) in [6.07, 6.45) is 6.86. The van der Waals surface area contributed by atoms with E-state index < -0.39 is 0 Å². The van der Waals surface area contributed by atoms with Gasteiger partial charge in [0.15, 0.2) is 0 Å². The highest BCUT2D eigenvalue weighted by atomic mass is 16.2. The van der Waals surface area contributed by atoms with Crippen molar-refractivity contribution in [1.29, 1.82) is 0 Å². The van der Waals surface area contributed by atoms with Gasteiger partial charge in [0.05, 0.1) is 11.9 Å². The number of nitrogens with zero attached hydrogens (tertiary/aromatic N) is 3. The lowest BCUT2D eigenvalue weighted by atomic mass is 10.0. The molecule has 1 aliphatic rings. The van der Waals surface area contributed by atoms with Crippen LogP contribution in [0.1, 0.15) is 39.3 Å². The fraction of sp³-hybridized carbons (Fsp3) is 0.250. The van der Waals surface area contributed by atoms with Crippen molar-refractivity contribution in [2.75, 3.05) is 19.4 Å². The van der Waals surface area contributed by atoms with Crippen LogP contribution in [0.4, 0.5) is 5.69 Å². The first kappa shape index (κ1) is 20.7. The Morgan fingerprint density at radius 3 is 2.65 bits per heavy atom. The SMILES string of the molecule is CN(C)Cc1ccccc1-c1cncc(NC(=O)c2ccnc(C(=O)NC3CC3)c2)c1. The lowest BCUT2D eigenvalue weighted by Crippen LogP contribution is -2.26. The van der Waals surface area contributed by atoms with Gasteiger partial charge in [-0.05, 0) is 56.3 Å². The first-order valence-corrected chi connectivity index (χ1v) is 10.3. The molecule has 2 N–H and O–H groups in total. The molecule has 158 valence electrons. The quantitative estimate of drug-likeness (QED) is 0.618. The molecule has 7 heteroatoms. The van der Waals surface area contributed by atoms with Crippen LogP contribution >= 0.6 is 0 Å². The van der Waals surface area contributed by atoms with Crippen LogP contribution in [-0.4, -0.2) is 46.8 Å². The van der Waals surface area contributed by atoms with Crippen LogP contribution in [0.15, 0.2) is 61.1 Å². The van der Waals surface area contributed by atoms with Gasteiger partial charge >= 0.3 is 0 Å². The summed E-state index contributed by atoms with van der Waals surface area (Å²) in [7, 11) is 4.05. The molecule has 2 heterocycles. The van der Waals surface area contributed by atoms with Crippen molar-refractivity contribution in [2.45, 2.75) is 25.4 Å². The molecule has 0 unspecified atom stereocenters. The Morgan fingerprint density at radius 1 is 1.06 bits per heavy atom. The number of aromatic nitrogens is 2. The highest BCUT2D eigenvalue weighted by Crippen LogP contribution is 2.26. The molecule has 7 nitrogen and oxygen atoms in total. The number of carbonyl (C=O) groups excluding carboxylic acids is 2. The van der Waals surface area contributed by atoms with Crippen LogP contribution in [0, 0.1) is 0 Å². The number of carbonyl (C=O) groups is 2. The second kappa shape index (κ2) is 9.06. The molecule has 0 aliphatic heterocycles. The number of amides is 2. The van der Waals surface area contributed by atoms with Crippen LogP contribution in [0.2, 0.25) is 0 Å². The summed E-state index contributed by atoms with van der Waals surface area (Å²) in [4.78, 5) is 35.5. The monoisotopic (exact) mass is 415 g/mol. The van der Waals surface area contributed by atoms with Crippen molar-refractivity contribution in [3.63, 3.8) is 0 Å². The van der Waals surface area contributed by atoms with E-state index in [0.29, 0.717) is 11.3 Å². The molecule has 1 aliphatic carbocycles. The van der Waals surface area contributed by atoms with Gasteiger partial charge in [0, 0.05) is 36.1 Å². The number of rotatable bonds is 7. The second-order valence-corrected chi connectivity index (χ2v) is 7.99. The third-order valence-electron chi connectivity index (χ3n) is 4.98. The number of nitrogens with one attached hydrogen (secondary N) is 2. The summed E-state index contributed by atoms with van der Waals surface area (Å²) in [5.41, 5.74) is 4.37. The van der Waals surface area contributed by atoms with Crippen molar-refractivity contribution >= 4 is 17.5 Å². The van der Waals surface area contributed by atoms with E-state index >= 15 is 0 Å². The second-order valence-electron chi connectivity index (χ2n) is 7.99. The zero-order chi connectivity index (χ0) is 21.8. The standard InChI is InChI=1S/C24H25N5O2/c1-29(2)15-17-5-3-4-6-21(17)18-11-20(14-25-13-18)28-23(30)16-9-10-26-22(12-16)24(31)27-19-7-8-19/h3-6,9-14,19H,7-8,15H2,1-2H3,(H,27,31)(H,28,30). The van der Waals surface area contributed by atoms with Crippen molar-refractivity contribution in [2.24, 2.45) is 0 Å². The molecule has 1 aromatic carbocycles. The number of hydrogen-bond acceptors (Lipinski definition) is 5. The summed E-state index contributed by atoms with van der Waals surface area (Å²) < 4.78 is 0. The van der Waals surface area contributed by atoms with E-state index in [4.69, 9.17) is 0 Å². The normalized spacial score (nSPS) is 13.1. The molecular weight excluding hydrogens is 390 g/mol. The first-order chi connectivity index (χ1) is 15.0. The van der Waals surface area contributed by atoms with Gasteiger partial charge < -0.3 is 15.5 Å². The lowest BCUT2D eigenvalue weighted by molar-refractivity contribution is 0.0946. The molecule has 0 bridgehead atoms. The van der Waals surface area contributed by atoms with Crippen molar-refractivity contribution in [3.8, 4) is 11.1 Å². The van der Waals surface area contributed by atoms with E-state index in [2.05, 4.69) is 37.6 Å². The zero-order valence-electron chi connectivity index (χ0n) is 17.6. The topological polar surface area (TPSA) is 87.2 Å². The van der Waals surface area contributed by atoms with Crippen molar-refractivity contribution in [3.05, 3.63) is 77.9 Å². The highest BCUT2D eigenvalue weighted by Gasteiger charge is 2.24. The summed E-state index contributed by atoms with van der Waals surface area (Å²) in [5.74, 6) is -0.568. The average molecular weight is 415 g/mol. The third kappa shape index (κ3) is 5.32. The molecule has 1 saturated carbocycles. The van der Waals surface area contributed by atoms with Gasteiger partial charge in [0.1, 0.15) is 5.69 Å². The largest absolute Gasteiger partial charge is 0.348 e. The number of benzene rings is 1. The predicted molar refractivity (Wildman–Crippen MR) is 120 cm³/mol. The molecule has 0 radical (unpaired) electrons. The van der Waals surface area contributed by atoms with E-state index in [1.165, 1.54) is 17.8 Å². The number of pyridine rings is 2. The molecular formula is C24H25N5O2. The van der Waals surface area contributed by atoms with Crippen LogP contribution in [0.3, 0.4) is 0 Å². The lowest BCUT2D eigenvalue weighted by Gasteiger charge is -2.15. The predicted octanol–water partition coefficient (Wildman–Crippen LogP) is 3.35. The van der Waals surface area contributed by atoms with Gasteiger partial charge in [0.25, 0.3) is 11.8 Å². The van der Waals surface area contributed by atoms with E-state index in [-0.39, 0.29) is 23.6 Å². The molecule has 0 saturated heterocycles. The molecule has 3 aromatic rings. The fourth-order valence-corrected chi connectivity index (χ4v) is 3.32. The maximum absolute atomic E-state index is 12.8. The first-order valence-electron chi connectivity index (χ1n) is 10.3. The molecule has 31 heavy (non-hydrogen) atoms. The van der Waals surface area contributed by atoms with E-state index in [9.17, 15) is 9.59 Å². The van der Waals surface area contributed by atoms with E-state index in [0.717, 1.165) is 30.5 Å². The molecule has 2 aromatic heterocycles. The van der Waals surface area contributed by atoms with Gasteiger partial charge in [0.2, 0.25) is 0 Å². The van der Waals surface area contributed by atoms with Gasteiger partial charge in [-0.1, -0.05) is 24.3 Å². The number of hydrogen-bond donors (Lipinski definition) is 2. The summed E-state index contributed by atoms with van der Waals surface area (Å²) in [5, 5.41) is 5.76. The summed E-state index contributed by atoms with van der Waals surface area (Å²) >= 11 is 0. The Labute approximate surface area is 181 Å². The van der Waals surface area contributed by atoms with E-state index in [1.807, 2.05) is 32.3 Å². The molecule has 4 rings (SSSR count). The van der Waals surface area contributed by atoms with Gasteiger partial charge in [-0.25, -0.2) is 0 Å². The van der Waals surface area contributed by atoms with E-state index in [1.54, 1.807) is 18.5 Å². The third-order valence-corrected chi connectivity index (χ3v) is 4.98. The van der Waals surface area contributed by atoms with Crippen molar-refractivity contribution in [1.82, 2.24) is 20.2 Å². The molecule has 0 spiro atoms. The summed E-state index contributed by atoms with van der Waals surface area (Å²) in [6.45, 7) is 0.801. The van der Waals surface area contributed by atoms with Gasteiger partial charge in [-0.2, -0.15) is 0 Å². The Bertz CT molecular complexity index is 1110. The minimum absolute atomic E-state index is 0.232. The average Bonchev–Trinajstić information content (AvgIpc) is 3.58. The van der Waals surface area contributed by atoms with Crippen LogP contribution in [0.5, 0.6) is 0 Å². The maximum Gasteiger partial charge on any atom is 0.270 e. The van der Waals surface area contributed by atoms with Gasteiger partial charge in [-0.15, -0.1) is 0 Å². The van der Waals surface area contributed by atoms with Crippen LogP contribution < -0.4 is 10.6 Å². The Kier molecular flexibility index (Phi) is 6.04. The molecule has 1 fully saturated rings. The Hall–Kier alpha value is -3.58. The van der Waals surface area contributed by atoms with Gasteiger partial charge in [-0.3, -0.25) is 19.6 Å². The highest BCUT2D eigenvalue weighted by molar-refractivity contribution is 6.05. The van der Waals surface area contributed by atoms with Crippen LogP contribution in [0.25, 0.3) is 11.1 Å². The summed E-state index contributed by atoms with van der Waals surface area (Å²) in [6, 6.07) is 13.4. The zero-order valence-corrected chi connectivity index (χ0v) is 17.6. The Balaban J connectivity index is 1.52. The minimum atomic E-state index is -0.316. The molecule has 0 atom stereocenters. The number of anilines is 1.